The molecule has 24 heavy (non-hydrogen) atoms. The third kappa shape index (κ3) is 2.44. The number of aromatic amines is 1. The first-order chi connectivity index (χ1) is 11.8. The number of hydrogen-bond acceptors (Lipinski definition) is 5. The van der Waals surface area contributed by atoms with Crippen molar-refractivity contribution in [1.29, 1.82) is 0 Å². The highest BCUT2D eigenvalue weighted by atomic mass is 16.5. The molecule has 1 amide bonds. The first kappa shape index (κ1) is 14.5. The minimum Gasteiger partial charge on any atom is -0.483 e. The average Bonchev–Trinajstić information content (AvgIpc) is 2.94. The summed E-state index contributed by atoms with van der Waals surface area (Å²) in [5.41, 5.74) is 2.21. The minimum absolute atomic E-state index is 0.126. The quantitative estimate of drug-likeness (QED) is 0.687. The zero-order valence-electron chi connectivity index (χ0n) is 13.2. The molecule has 0 bridgehead atoms. The molecule has 0 saturated heterocycles. The molecule has 0 spiro atoms. The zero-order valence-corrected chi connectivity index (χ0v) is 13.2. The number of nitrogens with one attached hydrogen (secondary N) is 3. The van der Waals surface area contributed by atoms with Gasteiger partial charge in [0, 0.05) is 29.9 Å². The molecule has 0 radical (unpaired) electrons. The molecule has 2 aromatic heterocycles. The lowest BCUT2D eigenvalue weighted by molar-refractivity contribution is 0.0951. The molecule has 1 aliphatic heterocycles. The van der Waals surface area contributed by atoms with E-state index in [9.17, 15) is 4.79 Å². The van der Waals surface area contributed by atoms with Gasteiger partial charge in [-0.1, -0.05) is 12.1 Å². The van der Waals surface area contributed by atoms with Crippen LogP contribution in [0.1, 0.15) is 28.9 Å². The van der Waals surface area contributed by atoms with Crippen molar-refractivity contribution in [2.75, 3.05) is 18.4 Å². The van der Waals surface area contributed by atoms with Gasteiger partial charge in [-0.3, -0.25) is 4.79 Å². The van der Waals surface area contributed by atoms with Crippen molar-refractivity contribution in [2.24, 2.45) is 0 Å². The number of ether oxygens (including phenoxy) is 1. The van der Waals surface area contributed by atoms with Gasteiger partial charge in [-0.2, -0.15) is 4.98 Å². The largest absolute Gasteiger partial charge is 0.483 e. The topological polar surface area (TPSA) is 91.9 Å². The molecule has 3 aromatic rings. The van der Waals surface area contributed by atoms with Gasteiger partial charge in [0.2, 0.25) is 5.95 Å². The summed E-state index contributed by atoms with van der Waals surface area (Å²) < 4.78 is 6.08. The van der Waals surface area contributed by atoms with Crippen LogP contribution in [0.25, 0.3) is 11.0 Å². The van der Waals surface area contributed by atoms with Crippen molar-refractivity contribution < 1.29 is 9.53 Å². The van der Waals surface area contributed by atoms with Crippen molar-refractivity contribution in [3.63, 3.8) is 0 Å². The lowest BCUT2D eigenvalue weighted by Gasteiger charge is -2.16. The van der Waals surface area contributed by atoms with Crippen molar-refractivity contribution in [2.45, 2.75) is 13.0 Å². The van der Waals surface area contributed by atoms with Gasteiger partial charge >= 0.3 is 0 Å². The third-order valence-corrected chi connectivity index (χ3v) is 3.99. The Hall–Kier alpha value is -3.09. The van der Waals surface area contributed by atoms with Gasteiger partial charge < -0.3 is 20.4 Å². The summed E-state index contributed by atoms with van der Waals surface area (Å²) in [7, 11) is 0. The number of para-hydroxylation sites is 1. The second kappa shape index (κ2) is 5.84. The lowest BCUT2D eigenvalue weighted by atomic mass is 10.1. The number of anilines is 1. The van der Waals surface area contributed by atoms with Gasteiger partial charge in [0.15, 0.2) is 0 Å². The highest BCUT2D eigenvalue weighted by molar-refractivity contribution is 5.97. The summed E-state index contributed by atoms with van der Waals surface area (Å²) in [5.74, 6) is 1.04. The summed E-state index contributed by atoms with van der Waals surface area (Å²) in [6.45, 7) is 3.14. The molecule has 0 aliphatic carbocycles. The standard InChI is InChI=1S/C17H17N5O2/c1-2-18-17-21-8-12-11(7-19-15(12)22-17)14-9-20-16(23)10-5-3-4-6-13(10)24-14/h3-8,14H,2,9H2,1H3,(H,20,23)(H2,18,19,21,22). The Labute approximate surface area is 138 Å². The van der Waals surface area contributed by atoms with Crippen molar-refractivity contribution in [3.8, 4) is 5.75 Å². The van der Waals surface area contributed by atoms with Crippen molar-refractivity contribution in [1.82, 2.24) is 20.3 Å². The average molecular weight is 323 g/mol. The fourth-order valence-electron chi connectivity index (χ4n) is 2.84. The molecule has 1 unspecified atom stereocenters. The second-order valence-corrected chi connectivity index (χ2v) is 5.54. The van der Waals surface area contributed by atoms with E-state index in [1.165, 1.54) is 0 Å². The molecule has 122 valence electrons. The van der Waals surface area contributed by atoms with Crippen LogP contribution in [0.15, 0.2) is 36.7 Å². The van der Waals surface area contributed by atoms with Crippen LogP contribution in [-0.2, 0) is 0 Å². The molecule has 1 aromatic carbocycles. The Morgan fingerprint density at radius 2 is 2.25 bits per heavy atom. The molecule has 7 nitrogen and oxygen atoms in total. The van der Waals surface area contributed by atoms with E-state index in [1.807, 2.05) is 31.3 Å². The molecule has 3 N–H and O–H groups in total. The molecule has 0 saturated carbocycles. The lowest BCUT2D eigenvalue weighted by Crippen LogP contribution is -2.26. The Bertz CT molecular complexity index is 905. The van der Waals surface area contributed by atoms with E-state index in [0.717, 1.165) is 23.1 Å². The zero-order chi connectivity index (χ0) is 16.5. The van der Waals surface area contributed by atoms with E-state index >= 15 is 0 Å². The summed E-state index contributed by atoms with van der Waals surface area (Å²) >= 11 is 0. The normalized spacial score (nSPS) is 16.9. The number of amides is 1. The van der Waals surface area contributed by atoms with E-state index in [0.29, 0.717) is 23.8 Å². The number of rotatable bonds is 3. The highest BCUT2D eigenvalue weighted by Gasteiger charge is 2.25. The SMILES string of the molecule is CCNc1ncc2c(C3CNC(=O)c4ccccc4O3)c[nH]c2n1. The molecule has 4 rings (SSSR count). The third-order valence-electron chi connectivity index (χ3n) is 3.99. The monoisotopic (exact) mass is 323 g/mol. The fourth-order valence-corrected chi connectivity index (χ4v) is 2.84. The Morgan fingerprint density at radius 1 is 1.38 bits per heavy atom. The van der Waals surface area contributed by atoms with Crippen LogP contribution in [0.2, 0.25) is 0 Å². The van der Waals surface area contributed by atoms with Crippen molar-refractivity contribution >= 4 is 22.9 Å². The van der Waals surface area contributed by atoms with E-state index in [-0.39, 0.29) is 12.0 Å². The fraction of sp³-hybridized carbons (Fsp3) is 0.235. The maximum Gasteiger partial charge on any atom is 0.255 e. The number of carbonyl (C=O) groups is 1. The Morgan fingerprint density at radius 3 is 3.12 bits per heavy atom. The van der Waals surface area contributed by atoms with E-state index in [4.69, 9.17) is 4.74 Å². The first-order valence-corrected chi connectivity index (χ1v) is 7.88. The number of benzene rings is 1. The molecule has 1 aliphatic rings. The van der Waals surface area contributed by atoms with Gasteiger partial charge in [0.1, 0.15) is 17.5 Å². The number of carbonyl (C=O) groups excluding carboxylic acids is 1. The summed E-state index contributed by atoms with van der Waals surface area (Å²) in [5, 5.41) is 6.88. The summed E-state index contributed by atoms with van der Waals surface area (Å²) in [4.78, 5) is 24.1. The summed E-state index contributed by atoms with van der Waals surface area (Å²) in [6, 6.07) is 7.25. The van der Waals surface area contributed by atoms with Gasteiger partial charge in [0.05, 0.1) is 12.1 Å². The number of H-pyrrole nitrogens is 1. The number of nitrogens with zero attached hydrogens (tertiary/aromatic N) is 2. The van der Waals surface area contributed by atoms with Crippen LogP contribution < -0.4 is 15.4 Å². The first-order valence-electron chi connectivity index (χ1n) is 7.88. The van der Waals surface area contributed by atoms with Gasteiger partial charge in [-0.05, 0) is 19.1 Å². The molecule has 7 heteroatoms. The van der Waals surface area contributed by atoms with Crippen LogP contribution >= 0.6 is 0 Å². The van der Waals surface area contributed by atoms with Gasteiger partial charge in [0.25, 0.3) is 5.91 Å². The molecule has 1 atom stereocenters. The van der Waals surface area contributed by atoms with E-state index < -0.39 is 0 Å². The molecular weight excluding hydrogens is 306 g/mol. The van der Waals surface area contributed by atoms with Crippen LogP contribution in [-0.4, -0.2) is 33.9 Å². The highest BCUT2D eigenvalue weighted by Crippen LogP contribution is 2.31. The van der Waals surface area contributed by atoms with Crippen molar-refractivity contribution in [3.05, 3.63) is 47.8 Å². The van der Waals surface area contributed by atoms with E-state index in [1.54, 1.807) is 12.3 Å². The number of aromatic nitrogens is 3. The number of fused-ring (bicyclic) bond motifs is 2. The molecule has 3 heterocycles. The Kier molecular flexibility index (Phi) is 3.53. The summed E-state index contributed by atoms with van der Waals surface area (Å²) in [6.07, 6.45) is 3.33. The number of hydrogen-bond donors (Lipinski definition) is 3. The maximum atomic E-state index is 12.2. The molecule has 0 fully saturated rings. The van der Waals surface area contributed by atoms with Gasteiger partial charge in [-0.15, -0.1) is 0 Å². The molecular formula is C17H17N5O2. The predicted octanol–water partition coefficient (Wildman–Crippen LogP) is 2.25. The second-order valence-electron chi connectivity index (χ2n) is 5.54. The van der Waals surface area contributed by atoms with Crippen LogP contribution in [0.4, 0.5) is 5.95 Å². The minimum atomic E-state index is -0.306. The van der Waals surface area contributed by atoms with Crippen LogP contribution in [0.5, 0.6) is 5.75 Å². The maximum absolute atomic E-state index is 12.2. The predicted molar refractivity (Wildman–Crippen MR) is 90.2 cm³/mol. The van der Waals surface area contributed by atoms with Crippen LogP contribution in [0, 0.1) is 0 Å². The van der Waals surface area contributed by atoms with Crippen LogP contribution in [0.3, 0.4) is 0 Å². The van der Waals surface area contributed by atoms with Gasteiger partial charge in [-0.25, -0.2) is 4.98 Å². The Balaban J connectivity index is 1.71. The van der Waals surface area contributed by atoms with E-state index in [2.05, 4.69) is 25.6 Å². The smallest absolute Gasteiger partial charge is 0.255 e.